The minimum atomic E-state index is -0.288. The molecular formula is C25H32FN5O2. The van der Waals surface area contributed by atoms with Gasteiger partial charge in [0.25, 0.3) is 0 Å². The molecule has 1 aromatic heterocycles. The maximum absolute atomic E-state index is 13.3. The number of aromatic nitrogens is 2. The van der Waals surface area contributed by atoms with E-state index < -0.39 is 0 Å². The van der Waals surface area contributed by atoms with Crippen LogP contribution in [0, 0.1) is 5.82 Å². The summed E-state index contributed by atoms with van der Waals surface area (Å²) >= 11 is 0. The van der Waals surface area contributed by atoms with E-state index in [1.165, 1.54) is 57.5 Å². The third-order valence-corrected chi connectivity index (χ3v) is 5.94. The van der Waals surface area contributed by atoms with Crippen LogP contribution in [0.5, 0.6) is 11.5 Å². The van der Waals surface area contributed by atoms with Crippen LogP contribution in [0.1, 0.15) is 32.1 Å². The molecule has 1 aliphatic rings. The Morgan fingerprint density at radius 2 is 1.67 bits per heavy atom. The number of nitrogens with one attached hydrogen (secondary N) is 2. The fourth-order valence-electron chi connectivity index (χ4n) is 4.16. The summed E-state index contributed by atoms with van der Waals surface area (Å²) in [6.07, 6.45) is 6.13. The van der Waals surface area contributed by atoms with Crippen LogP contribution in [0.15, 0.2) is 36.4 Å². The molecule has 1 fully saturated rings. The summed E-state index contributed by atoms with van der Waals surface area (Å²) in [4.78, 5) is 11.9. The summed E-state index contributed by atoms with van der Waals surface area (Å²) in [5, 5.41) is 7.50. The Balaban J connectivity index is 1.49. The molecule has 33 heavy (non-hydrogen) atoms. The van der Waals surface area contributed by atoms with Gasteiger partial charge < -0.3 is 25.0 Å². The molecule has 2 N–H and O–H groups in total. The lowest BCUT2D eigenvalue weighted by Gasteiger charge is -2.15. The summed E-state index contributed by atoms with van der Waals surface area (Å²) in [6.45, 7) is 4.51. The monoisotopic (exact) mass is 453 g/mol. The minimum Gasteiger partial charge on any atom is -0.493 e. The van der Waals surface area contributed by atoms with Crippen molar-refractivity contribution in [2.45, 2.75) is 32.1 Å². The summed E-state index contributed by atoms with van der Waals surface area (Å²) < 4.78 is 24.2. The Morgan fingerprint density at radius 3 is 2.39 bits per heavy atom. The Hall–Kier alpha value is -3.13. The van der Waals surface area contributed by atoms with E-state index in [0.29, 0.717) is 23.1 Å². The predicted molar refractivity (Wildman–Crippen MR) is 130 cm³/mol. The highest BCUT2D eigenvalue weighted by Gasteiger charge is 2.14. The van der Waals surface area contributed by atoms with Crippen molar-refractivity contribution in [1.82, 2.24) is 14.9 Å². The van der Waals surface area contributed by atoms with E-state index in [2.05, 4.69) is 20.5 Å². The molecule has 3 aromatic rings. The van der Waals surface area contributed by atoms with Crippen molar-refractivity contribution in [1.29, 1.82) is 0 Å². The van der Waals surface area contributed by atoms with Gasteiger partial charge in [-0.15, -0.1) is 0 Å². The zero-order valence-electron chi connectivity index (χ0n) is 19.4. The van der Waals surface area contributed by atoms with Gasteiger partial charge in [-0.05, 0) is 75.6 Å². The highest BCUT2D eigenvalue weighted by molar-refractivity contribution is 5.93. The smallest absolute Gasteiger partial charge is 0.229 e. The van der Waals surface area contributed by atoms with Gasteiger partial charge in [0.05, 0.1) is 19.7 Å². The number of halogens is 1. The molecule has 1 saturated heterocycles. The van der Waals surface area contributed by atoms with E-state index in [1.807, 2.05) is 12.1 Å². The zero-order chi connectivity index (χ0) is 23.0. The van der Waals surface area contributed by atoms with Gasteiger partial charge in [-0.1, -0.05) is 6.42 Å². The van der Waals surface area contributed by atoms with Gasteiger partial charge >= 0.3 is 0 Å². The maximum Gasteiger partial charge on any atom is 0.229 e. The molecule has 2 aromatic carbocycles. The number of methoxy groups -OCH3 is 2. The van der Waals surface area contributed by atoms with Crippen molar-refractivity contribution in [3.8, 4) is 11.5 Å². The molecule has 0 bridgehead atoms. The second-order valence-electron chi connectivity index (χ2n) is 8.29. The highest BCUT2D eigenvalue weighted by Crippen LogP contribution is 2.35. The number of fused-ring (bicyclic) bond motifs is 1. The van der Waals surface area contributed by atoms with E-state index in [1.54, 1.807) is 26.4 Å². The van der Waals surface area contributed by atoms with Crippen LogP contribution in [0.2, 0.25) is 0 Å². The van der Waals surface area contributed by atoms with Gasteiger partial charge in [-0.25, -0.2) is 9.37 Å². The van der Waals surface area contributed by atoms with Crippen molar-refractivity contribution < 1.29 is 13.9 Å². The Kier molecular flexibility index (Phi) is 7.78. The molecule has 0 unspecified atom stereocenters. The number of rotatable bonds is 11. The summed E-state index contributed by atoms with van der Waals surface area (Å²) in [5.74, 6) is 2.10. The summed E-state index contributed by atoms with van der Waals surface area (Å²) in [5.41, 5.74) is 1.44. The Morgan fingerprint density at radius 1 is 0.939 bits per heavy atom. The number of unbranched alkanes of at least 4 members (excludes halogenated alkanes) is 2. The lowest BCUT2D eigenvalue weighted by atomic mass is 10.2. The molecule has 2 heterocycles. The topological polar surface area (TPSA) is 71.5 Å². The Bertz CT molecular complexity index is 1050. The van der Waals surface area contributed by atoms with Crippen LogP contribution in [-0.2, 0) is 0 Å². The Labute approximate surface area is 194 Å². The molecule has 0 spiro atoms. The van der Waals surface area contributed by atoms with E-state index in [9.17, 15) is 4.39 Å². The minimum absolute atomic E-state index is 0.288. The number of hydrogen-bond donors (Lipinski definition) is 2. The first-order valence-electron chi connectivity index (χ1n) is 11.6. The largest absolute Gasteiger partial charge is 0.493 e. The average molecular weight is 454 g/mol. The van der Waals surface area contributed by atoms with Crippen LogP contribution in [0.3, 0.4) is 0 Å². The van der Waals surface area contributed by atoms with Gasteiger partial charge in [0.2, 0.25) is 5.95 Å². The molecule has 0 amide bonds. The number of ether oxygens (including phenoxy) is 2. The molecular weight excluding hydrogens is 421 g/mol. The number of anilines is 3. The maximum atomic E-state index is 13.3. The first-order valence-corrected chi connectivity index (χ1v) is 11.6. The summed E-state index contributed by atoms with van der Waals surface area (Å²) in [6, 6.07) is 9.85. The van der Waals surface area contributed by atoms with Crippen LogP contribution in [0.25, 0.3) is 10.9 Å². The van der Waals surface area contributed by atoms with Crippen LogP contribution >= 0.6 is 0 Å². The number of hydrogen-bond acceptors (Lipinski definition) is 7. The molecule has 7 nitrogen and oxygen atoms in total. The molecule has 0 radical (unpaired) electrons. The SMILES string of the molecule is COc1cc2nc(Nc3ccc(F)cc3)nc(NCCCCCN3CCCC3)c2cc1OC. The number of nitrogens with zero attached hydrogens (tertiary/aromatic N) is 3. The second-order valence-corrected chi connectivity index (χ2v) is 8.29. The zero-order valence-corrected chi connectivity index (χ0v) is 19.4. The number of likely N-dealkylation sites (tertiary alicyclic amines) is 1. The standard InChI is InChI=1S/C25H32FN5O2/c1-32-22-16-20-21(17-23(22)33-2)29-25(28-19-10-8-18(26)9-11-19)30-24(20)27-12-4-3-5-13-31-14-6-7-15-31/h8-11,16-17H,3-7,12-15H2,1-2H3,(H2,27,28,29,30). The third kappa shape index (κ3) is 6.01. The highest BCUT2D eigenvalue weighted by atomic mass is 19.1. The first-order chi connectivity index (χ1) is 16.2. The normalized spacial score (nSPS) is 13.9. The van der Waals surface area contributed by atoms with Gasteiger partial charge in [0.1, 0.15) is 11.6 Å². The van der Waals surface area contributed by atoms with Crippen LogP contribution in [-0.4, -0.2) is 55.3 Å². The van der Waals surface area contributed by atoms with E-state index >= 15 is 0 Å². The van der Waals surface area contributed by atoms with E-state index in [-0.39, 0.29) is 5.82 Å². The lowest BCUT2D eigenvalue weighted by molar-refractivity contribution is 0.329. The summed E-state index contributed by atoms with van der Waals surface area (Å²) in [7, 11) is 3.21. The van der Waals surface area contributed by atoms with Gasteiger partial charge in [-0.3, -0.25) is 0 Å². The first kappa shape index (κ1) is 23.0. The molecule has 0 saturated carbocycles. The fourth-order valence-corrected chi connectivity index (χ4v) is 4.16. The molecule has 176 valence electrons. The molecule has 4 rings (SSSR count). The van der Waals surface area contributed by atoms with Gasteiger partial charge in [-0.2, -0.15) is 4.98 Å². The van der Waals surface area contributed by atoms with Crippen molar-refractivity contribution in [3.63, 3.8) is 0 Å². The predicted octanol–water partition coefficient (Wildman–Crippen LogP) is 5.21. The van der Waals surface area contributed by atoms with Crippen LogP contribution in [0.4, 0.5) is 21.8 Å². The second kappa shape index (κ2) is 11.1. The number of benzene rings is 2. The lowest BCUT2D eigenvalue weighted by Crippen LogP contribution is -2.20. The van der Waals surface area contributed by atoms with Gasteiger partial charge in [0, 0.05) is 23.7 Å². The molecule has 8 heteroatoms. The van der Waals surface area contributed by atoms with Crippen LogP contribution < -0.4 is 20.1 Å². The van der Waals surface area contributed by atoms with Crippen molar-refractivity contribution in [2.24, 2.45) is 0 Å². The average Bonchev–Trinajstić information content (AvgIpc) is 3.35. The quantitative estimate of drug-likeness (QED) is 0.386. The molecule has 1 aliphatic heterocycles. The van der Waals surface area contributed by atoms with E-state index in [0.717, 1.165) is 29.7 Å². The molecule has 0 atom stereocenters. The molecule has 0 aliphatic carbocycles. The fraction of sp³-hybridized carbons (Fsp3) is 0.440. The third-order valence-electron chi connectivity index (χ3n) is 5.94. The van der Waals surface area contributed by atoms with Gasteiger partial charge in [0.15, 0.2) is 11.5 Å². The van der Waals surface area contributed by atoms with E-state index in [4.69, 9.17) is 14.5 Å². The van der Waals surface area contributed by atoms with Crippen molar-refractivity contribution in [2.75, 3.05) is 51.0 Å². The van der Waals surface area contributed by atoms with Crippen molar-refractivity contribution >= 4 is 28.4 Å². The van der Waals surface area contributed by atoms with Crippen molar-refractivity contribution in [3.05, 3.63) is 42.2 Å².